The lowest BCUT2D eigenvalue weighted by Crippen LogP contribution is -2.09. The molecule has 0 amide bonds. The minimum absolute atomic E-state index is 0.196. The van der Waals surface area contributed by atoms with Gasteiger partial charge in [-0.25, -0.2) is 8.42 Å². The monoisotopic (exact) mass is 744 g/mol. The molecule has 0 spiro atoms. The fraction of sp³-hybridized carbons (Fsp3) is 0.0816. The molecule has 0 bridgehead atoms. The van der Waals surface area contributed by atoms with Gasteiger partial charge in [0, 0.05) is 54.3 Å². The van der Waals surface area contributed by atoms with Crippen LogP contribution in [0.25, 0.3) is 82.5 Å². The first-order valence-corrected chi connectivity index (χ1v) is 20.3. The van der Waals surface area contributed by atoms with Crippen LogP contribution in [0.1, 0.15) is 32.3 Å². The van der Waals surface area contributed by atoms with Crippen LogP contribution in [0.4, 0.5) is 0 Å². The molecule has 1 aliphatic rings. The van der Waals surface area contributed by atoms with Crippen molar-refractivity contribution in [1.29, 1.82) is 5.26 Å². The van der Waals surface area contributed by atoms with E-state index in [0.717, 1.165) is 77.1 Å². The molecule has 0 saturated heterocycles. The average Bonchev–Trinajstić information content (AvgIpc) is 3.89. The third-order valence-electron chi connectivity index (χ3n) is 11.3. The minimum atomic E-state index is -3.76. The number of nitriles is 1. The first kappa shape index (κ1) is 33.7. The van der Waals surface area contributed by atoms with Gasteiger partial charge in [-0.1, -0.05) is 84.9 Å². The third kappa shape index (κ3) is 4.89. The van der Waals surface area contributed by atoms with Crippen LogP contribution in [0.15, 0.2) is 168 Å². The molecule has 0 radical (unpaired) electrons. The Morgan fingerprint density at radius 3 is 2.02 bits per heavy atom. The minimum Gasteiger partial charge on any atom is -0.311 e. The number of hydrogen-bond donors (Lipinski definition) is 0. The van der Waals surface area contributed by atoms with Crippen LogP contribution in [0.3, 0.4) is 0 Å². The highest BCUT2D eigenvalue weighted by atomic mass is 32.2. The molecule has 1 aliphatic carbocycles. The Kier molecular flexibility index (Phi) is 7.74. The SMILES string of the molecule is C/C=C\C=C(/C)n1c2ccccc2c2ccc3c4ccc5c(c6ccccc6n5-c5ccccc5)c4n(C4=CC=C(S(=O)(=O)c5ccc(C#N)cc5)CC4)c3c21. The number of sulfone groups is 1. The van der Waals surface area contributed by atoms with E-state index in [4.69, 9.17) is 0 Å². The van der Waals surface area contributed by atoms with Crippen LogP contribution in [0, 0.1) is 11.3 Å². The lowest BCUT2D eigenvalue weighted by molar-refractivity contribution is 0.600. The Hall–Kier alpha value is -6.88. The Morgan fingerprint density at radius 1 is 0.643 bits per heavy atom. The molecule has 3 aromatic heterocycles. The van der Waals surface area contributed by atoms with Crippen LogP contribution in [0.5, 0.6) is 0 Å². The van der Waals surface area contributed by atoms with Gasteiger partial charge in [0.05, 0.1) is 49.6 Å². The summed E-state index contributed by atoms with van der Waals surface area (Å²) in [4.78, 5) is 0.559. The lowest BCUT2D eigenvalue weighted by atomic mass is 10.1. The summed E-state index contributed by atoms with van der Waals surface area (Å²) in [7, 11) is -3.76. The Morgan fingerprint density at radius 2 is 1.30 bits per heavy atom. The van der Waals surface area contributed by atoms with Gasteiger partial charge in [0.25, 0.3) is 0 Å². The van der Waals surface area contributed by atoms with Crippen molar-refractivity contribution in [2.75, 3.05) is 0 Å². The topological polar surface area (TPSA) is 72.7 Å². The fourth-order valence-corrected chi connectivity index (χ4v) is 10.2. The van der Waals surface area contributed by atoms with E-state index in [1.807, 2.05) is 25.1 Å². The van der Waals surface area contributed by atoms with Crippen LogP contribution < -0.4 is 0 Å². The van der Waals surface area contributed by atoms with Crippen molar-refractivity contribution in [2.45, 2.75) is 31.6 Å². The zero-order valence-electron chi connectivity index (χ0n) is 30.9. The lowest BCUT2D eigenvalue weighted by Gasteiger charge is -2.19. The van der Waals surface area contributed by atoms with E-state index >= 15 is 0 Å². The summed E-state index contributed by atoms with van der Waals surface area (Å²) in [5, 5.41) is 16.2. The summed E-state index contributed by atoms with van der Waals surface area (Å²) in [5.74, 6) is 0. The van der Waals surface area contributed by atoms with Crippen molar-refractivity contribution >= 4 is 86.6 Å². The Bertz CT molecular complexity index is 3380. The van der Waals surface area contributed by atoms with E-state index in [1.54, 1.807) is 18.2 Å². The zero-order valence-corrected chi connectivity index (χ0v) is 31.8. The molecule has 6 nitrogen and oxygen atoms in total. The number of hydrogen-bond acceptors (Lipinski definition) is 3. The van der Waals surface area contributed by atoms with Gasteiger partial charge in [0.15, 0.2) is 0 Å². The second-order valence-corrected chi connectivity index (χ2v) is 16.4. The molecular formula is C49H36N4O2S. The van der Waals surface area contributed by atoms with Crippen molar-refractivity contribution in [3.63, 3.8) is 0 Å². The van der Waals surface area contributed by atoms with Crippen molar-refractivity contribution in [3.8, 4) is 11.8 Å². The summed E-state index contributed by atoms with van der Waals surface area (Å²) < 4.78 is 35.0. The van der Waals surface area contributed by atoms with Crippen molar-refractivity contribution in [3.05, 3.63) is 168 Å². The molecule has 270 valence electrons. The number of fused-ring (bicyclic) bond motifs is 11. The quantitative estimate of drug-likeness (QED) is 0.159. The van der Waals surface area contributed by atoms with Gasteiger partial charge in [-0.15, -0.1) is 0 Å². The van der Waals surface area contributed by atoms with Gasteiger partial charge < -0.3 is 13.7 Å². The van der Waals surface area contributed by atoms with Crippen LogP contribution in [-0.2, 0) is 9.84 Å². The number of allylic oxidation sites excluding steroid dienone is 8. The number of rotatable bonds is 6. The van der Waals surface area contributed by atoms with Crippen LogP contribution >= 0.6 is 0 Å². The molecule has 6 aromatic carbocycles. The highest BCUT2D eigenvalue weighted by Gasteiger charge is 2.28. The number of nitrogens with zero attached hydrogens (tertiary/aromatic N) is 4. The zero-order chi connectivity index (χ0) is 38.1. The predicted octanol–water partition coefficient (Wildman–Crippen LogP) is 12.3. The number of benzene rings is 6. The molecule has 56 heavy (non-hydrogen) atoms. The van der Waals surface area contributed by atoms with Crippen molar-refractivity contribution in [1.82, 2.24) is 13.7 Å². The third-order valence-corrected chi connectivity index (χ3v) is 13.2. The highest BCUT2D eigenvalue weighted by molar-refractivity contribution is 7.95. The normalized spacial score (nSPS) is 14.1. The molecule has 0 fully saturated rings. The van der Waals surface area contributed by atoms with Gasteiger partial charge in [0.1, 0.15) is 0 Å². The maximum absolute atomic E-state index is 13.9. The molecule has 9 aromatic rings. The van der Waals surface area contributed by atoms with E-state index in [2.05, 4.69) is 136 Å². The van der Waals surface area contributed by atoms with Crippen LogP contribution in [-0.4, -0.2) is 22.1 Å². The average molecular weight is 745 g/mol. The second kappa shape index (κ2) is 12.9. The summed E-state index contributed by atoms with van der Waals surface area (Å²) in [6, 6.07) is 45.0. The largest absolute Gasteiger partial charge is 0.311 e. The van der Waals surface area contributed by atoms with Gasteiger partial charge in [-0.2, -0.15) is 5.26 Å². The molecule has 7 heteroatoms. The van der Waals surface area contributed by atoms with E-state index in [-0.39, 0.29) is 4.90 Å². The fourth-order valence-electron chi connectivity index (χ4n) is 8.78. The molecule has 0 N–H and O–H groups in total. The molecular weight excluding hydrogens is 709 g/mol. The van der Waals surface area contributed by atoms with Gasteiger partial charge in [-0.05, 0) is 99.5 Å². The summed E-state index contributed by atoms with van der Waals surface area (Å²) >= 11 is 0. The number of aromatic nitrogens is 3. The molecule has 0 aliphatic heterocycles. The Balaban J connectivity index is 1.36. The summed E-state index contributed by atoms with van der Waals surface area (Å²) in [5.41, 5.74) is 10.3. The van der Waals surface area contributed by atoms with E-state index in [1.165, 1.54) is 17.5 Å². The molecule has 0 atom stereocenters. The number of para-hydroxylation sites is 3. The van der Waals surface area contributed by atoms with Crippen molar-refractivity contribution < 1.29 is 8.42 Å². The van der Waals surface area contributed by atoms with Gasteiger partial charge in [0.2, 0.25) is 9.84 Å². The van der Waals surface area contributed by atoms with Gasteiger partial charge in [-0.3, -0.25) is 0 Å². The molecule has 0 saturated carbocycles. The maximum Gasteiger partial charge on any atom is 0.202 e. The smallest absolute Gasteiger partial charge is 0.202 e. The van der Waals surface area contributed by atoms with E-state index in [0.29, 0.717) is 23.3 Å². The van der Waals surface area contributed by atoms with Crippen molar-refractivity contribution in [2.24, 2.45) is 0 Å². The molecule has 3 heterocycles. The summed E-state index contributed by atoms with van der Waals surface area (Å²) in [6.45, 7) is 4.19. The molecule has 10 rings (SSSR count). The Labute approximate surface area is 324 Å². The van der Waals surface area contributed by atoms with E-state index in [9.17, 15) is 13.7 Å². The van der Waals surface area contributed by atoms with Crippen LogP contribution in [0.2, 0.25) is 0 Å². The second-order valence-electron chi connectivity index (χ2n) is 14.4. The van der Waals surface area contributed by atoms with Gasteiger partial charge >= 0.3 is 0 Å². The first-order valence-electron chi connectivity index (χ1n) is 18.8. The van der Waals surface area contributed by atoms with E-state index < -0.39 is 9.84 Å². The molecule has 0 unspecified atom stereocenters. The highest BCUT2D eigenvalue weighted by Crippen LogP contribution is 2.47. The first-order chi connectivity index (χ1) is 27.4. The standard InChI is InChI=1S/C49H36N4O2S/c1-3-4-12-32(2)51-43-17-10-8-15-38(43)39-27-28-41-40-29-30-45-46(42-16-9-11-18-44(42)52(45)34-13-6-5-7-14-34)47(40)53(49(41)48(39)51)35-21-25-37(26-22-35)56(54,55)36-23-19-33(31-50)20-24-36/h3-21,23-25,27-30H,22,26H2,1-2H3/b4-3-,32-12+. The summed E-state index contributed by atoms with van der Waals surface area (Å²) in [6.07, 6.45) is 10.9. The maximum atomic E-state index is 13.9. The predicted molar refractivity (Wildman–Crippen MR) is 231 cm³/mol.